The Labute approximate surface area is 257 Å². The average molecular weight is 624 g/mol. The van der Waals surface area contributed by atoms with Gasteiger partial charge in [0.2, 0.25) is 9.84 Å². The van der Waals surface area contributed by atoms with Gasteiger partial charge in [-0.1, -0.05) is 12.1 Å². The number of rotatable bonds is 7. The van der Waals surface area contributed by atoms with Crippen molar-refractivity contribution in [1.82, 2.24) is 9.80 Å². The molecule has 6 rings (SSSR count). The summed E-state index contributed by atoms with van der Waals surface area (Å²) in [6.45, 7) is 3.91. The monoisotopic (exact) mass is 623 g/mol. The van der Waals surface area contributed by atoms with Crippen LogP contribution in [0.25, 0.3) is 0 Å². The standard InChI is InChI=1S/C33H38FN3O6S/c1-41-27-5-9-29(10-6-27)44(39,40)28-7-2-23(3-8-28)33(42-20-21-43-33)24-12-16-36(17-13-24)26-14-18-37(19-15-26)32(38)30-22-25(34)4-11-31(30)35/h2-11,22,24,26H,12-21,35H2,1H3. The SMILES string of the molecule is COc1ccc(S(=O)(=O)c2ccc(C3(C4CCN(C5CCN(C(=O)c6cc(F)ccc6N)CC5)CC4)OCCO3)cc2)cc1. The van der Waals surface area contributed by atoms with Crippen LogP contribution in [0, 0.1) is 11.7 Å². The Morgan fingerprint density at radius 1 is 0.886 bits per heavy atom. The molecular formula is C33H38FN3O6S. The maximum absolute atomic E-state index is 13.7. The van der Waals surface area contributed by atoms with E-state index in [1.54, 1.807) is 41.3 Å². The summed E-state index contributed by atoms with van der Waals surface area (Å²) in [6.07, 6.45) is 3.41. The van der Waals surface area contributed by atoms with Gasteiger partial charge in [0, 0.05) is 36.3 Å². The van der Waals surface area contributed by atoms with Crippen molar-refractivity contribution in [3.8, 4) is 5.75 Å². The number of hydrogen-bond acceptors (Lipinski definition) is 8. The van der Waals surface area contributed by atoms with Crippen molar-refractivity contribution in [2.24, 2.45) is 5.92 Å². The molecule has 0 radical (unpaired) electrons. The molecule has 0 unspecified atom stereocenters. The first-order valence-corrected chi connectivity index (χ1v) is 16.6. The number of ether oxygens (including phenoxy) is 3. The van der Waals surface area contributed by atoms with Gasteiger partial charge in [-0.15, -0.1) is 0 Å². The Hall–Kier alpha value is -3.51. The van der Waals surface area contributed by atoms with E-state index >= 15 is 0 Å². The number of anilines is 1. The van der Waals surface area contributed by atoms with Gasteiger partial charge in [0.25, 0.3) is 5.91 Å². The van der Waals surface area contributed by atoms with Crippen molar-refractivity contribution < 1.29 is 31.8 Å². The number of nitrogens with zero attached hydrogens (tertiary/aromatic N) is 2. The summed E-state index contributed by atoms with van der Waals surface area (Å²) in [5, 5.41) is 0. The van der Waals surface area contributed by atoms with Crippen molar-refractivity contribution in [1.29, 1.82) is 0 Å². The number of sulfone groups is 1. The summed E-state index contributed by atoms with van der Waals surface area (Å²) in [4.78, 5) is 17.7. The summed E-state index contributed by atoms with van der Waals surface area (Å²) >= 11 is 0. The number of methoxy groups -OCH3 is 1. The Morgan fingerprint density at radius 2 is 1.48 bits per heavy atom. The van der Waals surface area contributed by atoms with Gasteiger partial charge in [0.1, 0.15) is 11.6 Å². The molecule has 3 saturated heterocycles. The largest absolute Gasteiger partial charge is 0.497 e. The van der Waals surface area contributed by atoms with Crippen molar-refractivity contribution in [3.05, 3.63) is 83.7 Å². The second-order valence-electron chi connectivity index (χ2n) is 11.6. The topological polar surface area (TPSA) is 111 Å². The molecule has 9 nitrogen and oxygen atoms in total. The second kappa shape index (κ2) is 12.5. The van der Waals surface area contributed by atoms with E-state index in [2.05, 4.69) is 4.90 Å². The normalized spacial score (nSPS) is 20.1. The third-order valence-electron chi connectivity index (χ3n) is 9.23. The summed E-state index contributed by atoms with van der Waals surface area (Å²) in [5.74, 6) is -0.894. The maximum atomic E-state index is 13.7. The molecule has 234 valence electrons. The van der Waals surface area contributed by atoms with E-state index in [-0.39, 0.29) is 27.2 Å². The number of nitrogen functional groups attached to an aromatic ring is 1. The van der Waals surface area contributed by atoms with Crippen LogP contribution in [-0.4, -0.2) is 76.7 Å². The fourth-order valence-corrected chi connectivity index (χ4v) is 8.05. The number of hydrogen-bond donors (Lipinski definition) is 1. The lowest BCUT2D eigenvalue weighted by atomic mass is 9.83. The van der Waals surface area contributed by atoms with Crippen LogP contribution in [0.4, 0.5) is 10.1 Å². The molecule has 0 saturated carbocycles. The first-order chi connectivity index (χ1) is 21.2. The number of carbonyl (C=O) groups excluding carboxylic acids is 1. The Balaban J connectivity index is 1.08. The van der Waals surface area contributed by atoms with Crippen molar-refractivity contribution in [2.75, 3.05) is 52.2 Å². The van der Waals surface area contributed by atoms with Gasteiger partial charge in [-0.2, -0.15) is 0 Å². The van der Waals surface area contributed by atoms with E-state index in [0.717, 1.165) is 44.3 Å². The minimum absolute atomic E-state index is 0.114. The van der Waals surface area contributed by atoms with Crippen molar-refractivity contribution >= 4 is 21.4 Å². The van der Waals surface area contributed by atoms with Gasteiger partial charge in [0.05, 0.1) is 35.7 Å². The molecule has 3 fully saturated rings. The maximum Gasteiger partial charge on any atom is 0.256 e. The van der Waals surface area contributed by atoms with E-state index < -0.39 is 21.4 Å². The summed E-state index contributed by atoms with van der Waals surface area (Å²) < 4.78 is 58.0. The van der Waals surface area contributed by atoms with Gasteiger partial charge < -0.3 is 29.7 Å². The predicted molar refractivity (Wildman–Crippen MR) is 163 cm³/mol. The number of nitrogens with two attached hydrogens (primary N) is 1. The number of amides is 1. The molecule has 0 spiro atoms. The van der Waals surface area contributed by atoms with Gasteiger partial charge in [0.15, 0.2) is 5.79 Å². The van der Waals surface area contributed by atoms with Crippen LogP contribution < -0.4 is 10.5 Å². The number of carbonyl (C=O) groups is 1. The third kappa shape index (κ3) is 5.81. The molecule has 0 bridgehead atoms. The number of likely N-dealkylation sites (tertiary alicyclic amines) is 2. The molecule has 0 aliphatic carbocycles. The lowest BCUT2D eigenvalue weighted by molar-refractivity contribution is -0.215. The average Bonchev–Trinajstić information content (AvgIpc) is 3.57. The highest BCUT2D eigenvalue weighted by atomic mass is 32.2. The second-order valence-corrected chi connectivity index (χ2v) is 13.6. The zero-order chi connectivity index (χ0) is 30.9. The smallest absolute Gasteiger partial charge is 0.256 e. The minimum Gasteiger partial charge on any atom is -0.497 e. The van der Waals surface area contributed by atoms with Crippen LogP contribution in [0.1, 0.15) is 41.6 Å². The zero-order valence-corrected chi connectivity index (χ0v) is 25.6. The molecular weight excluding hydrogens is 585 g/mol. The molecule has 11 heteroatoms. The van der Waals surface area contributed by atoms with Crippen molar-refractivity contribution in [3.63, 3.8) is 0 Å². The molecule has 3 heterocycles. The summed E-state index contributed by atoms with van der Waals surface area (Å²) in [6, 6.07) is 17.5. The number of halogens is 1. The Kier molecular flexibility index (Phi) is 8.65. The number of piperidine rings is 2. The molecule has 1 amide bonds. The quantitative estimate of drug-likeness (QED) is 0.384. The summed E-state index contributed by atoms with van der Waals surface area (Å²) in [7, 11) is -2.15. The van der Waals surface area contributed by atoms with E-state index in [1.807, 2.05) is 12.1 Å². The molecule has 3 aromatic carbocycles. The van der Waals surface area contributed by atoms with Crippen LogP contribution >= 0.6 is 0 Å². The van der Waals surface area contributed by atoms with Crippen LogP contribution in [0.3, 0.4) is 0 Å². The van der Waals surface area contributed by atoms with Crippen LogP contribution in [-0.2, 0) is 25.1 Å². The molecule has 3 aliphatic rings. The lowest BCUT2D eigenvalue weighted by Gasteiger charge is -2.45. The van der Waals surface area contributed by atoms with Gasteiger partial charge in [-0.25, -0.2) is 12.8 Å². The van der Waals surface area contributed by atoms with E-state index in [0.29, 0.717) is 43.8 Å². The van der Waals surface area contributed by atoms with Crippen LogP contribution in [0.2, 0.25) is 0 Å². The Morgan fingerprint density at radius 3 is 2.07 bits per heavy atom. The van der Waals surface area contributed by atoms with E-state index in [4.69, 9.17) is 19.9 Å². The van der Waals surface area contributed by atoms with Crippen LogP contribution in [0.5, 0.6) is 5.75 Å². The molecule has 44 heavy (non-hydrogen) atoms. The molecule has 3 aliphatic heterocycles. The molecule has 0 aromatic heterocycles. The van der Waals surface area contributed by atoms with Crippen molar-refractivity contribution in [2.45, 2.75) is 47.3 Å². The highest BCUT2D eigenvalue weighted by molar-refractivity contribution is 7.91. The lowest BCUT2D eigenvalue weighted by Crippen LogP contribution is -2.51. The van der Waals surface area contributed by atoms with E-state index in [9.17, 15) is 17.6 Å². The molecule has 0 atom stereocenters. The van der Waals surface area contributed by atoms with E-state index in [1.165, 1.54) is 25.3 Å². The first-order valence-electron chi connectivity index (χ1n) is 15.1. The van der Waals surface area contributed by atoms with Crippen LogP contribution in [0.15, 0.2) is 76.5 Å². The summed E-state index contributed by atoms with van der Waals surface area (Å²) in [5.41, 5.74) is 7.28. The zero-order valence-electron chi connectivity index (χ0n) is 24.8. The third-order valence-corrected chi connectivity index (χ3v) is 11.0. The fraction of sp³-hybridized carbons (Fsp3) is 0.424. The predicted octanol–water partition coefficient (Wildman–Crippen LogP) is 4.47. The van der Waals surface area contributed by atoms with Gasteiger partial charge in [-0.05, 0) is 93.4 Å². The minimum atomic E-state index is -3.69. The number of benzene rings is 3. The highest BCUT2D eigenvalue weighted by Crippen LogP contribution is 2.44. The van der Waals surface area contributed by atoms with Gasteiger partial charge >= 0.3 is 0 Å². The molecule has 2 N–H and O–H groups in total. The Bertz CT molecular complexity index is 1580. The first kappa shape index (κ1) is 30.5. The molecule has 3 aromatic rings. The highest BCUT2D eigenvalue weighted by Gasteiger charge is 2.47. The fourth-order valence-electron chi connectivity index (χ4n) is 6.79. The van der Waals surface area contributed by atoms with Gasteiger partial charge in [-0.3, -0.25) is 4.79 Å².